The van der Waals surface area contributed by atoms with Crippen LogP contribution in [-0.2, 0) is 6.42 Å². The van der Waals surface area contributed by atoms with Crippen molar-refractivity contribution in [2.24, 2.45) is 0 Å². The van der Waals surface area contributed by atoms with E-state index in [1.54, 1.807) is 29.9 Å². The van der Waals surface area contributed by atoms with Gasteiger partial charge in [-0.2, -0.15) is 0 Å². The predicted molar refractivity (Wildman–Crippen MR) is 67.0 cm³/mol. The highest BCUT2D eigenvalue weighted by Crippen LogP contribution is 2.22. The highest BCUT2D eigenvalue weighted by molar-refractivity contribution is 7.18. The molecule has 84 valence electrons. The summed E-state index contributed by atoms with van der Waals surface area (Å²) >= 11 is 1.69. The summed E-state index contributed by atoms with van der Waals surface area (Å²) in [7, 11) is 0. The largest absolute Gasteiger partial charge is 0.262 e. The van der Waals surface area contributed by atoms with E-state index in [0.717, 1.165) is 28.5 Å². The van der Waals surface area contributed by atoms with E-state index in [1.165, 1.54) is 4.70 Å². The quantitative estimate of drug-likeness (QED) is 0.692. The number of hydrogen-bond donors (Lipinski definition) is 0. The zero-order chi connectivity index (χ0) is 11.7. The lowest BCUT2D eigenvalue weighted by Gasteiger charge is -1.97. The standard InChI is InChI=1S/C12H10N4S/c1-8-14-5-2-9(15-8)6-12-16-10-7-13-4-3-11(10)17-12/h2-5,7H,6H2,1H3. The van der Waals surface area contributed by atoms with Gasteiger partial charge in [0.2, 0.25) is 0 Å². The molecule has 3 aromatic rings. The van der Waals surface area contributed by atoms with Crippen molar-refractivity contribution in [3.8, 4) is 0 Å². The second kappa shape index (κ2) is 4.18. The normalized spacial score (nSPS) is 10.9. The van der Waals surface area contributed by atoms with Gasteiger partial charge in [-0.15, -0.1) is 11.3 Å². The molecule has 0 saturated carbocycles. The van der Waals surface area contributed by atoms with Gasteiger partial charge in [-0.25, -0.2) is 15.0 Å². The van der Waals surface area contributed by atoms with Gasteiger partial charge in [-0.3, -0.25) is 4.98 Å². The molecule has 0 amide bonds. The van der Waals surface area contributed by atoms with Crippen molar-refractivity contribution in [1.29, 1.82) is 0 Å². The van der Waals surface area contributed by atoms with Gasteiger partial charge < -0.3 is 0 Å². The summed E-state index contributed by atoms with van der Waals surface area (Å²) < 4.78 is 1.17. The molecular formula is C12H10N4S. The molecule has 0 unspecified atom stereocenters. The number of aromatic nitrogens is 4. The fourth-order valence-electron chi connectivity index (χ4n) is 1.66. The first-order chi connectivity index (χ1) is 8.31. The summed E-state index contributed by atoms with van der Waals surface area (Å²) in [6, 6.07) is 3.92. The number of nitrogens with zero attached hydrogens (tertiary/aromatic N) is 4. The molecule has 0 aliphatic rings. The molecule has 3 rings (SSSR count). The Hall–Kier alpha value is -1.88. The van der Waals surface area contributed by atoms with E-state index in [9.17, 15) is 0 Å². The van der Waals surface area contributed by atoms with Crippen LogP contribution in [0.1, 0.15) is 16.5 Å². The molecule has 0 spiro atoms. The number of aryl methyl sites for hydroxylation is 1. The van der Waals surface area contributed by atoms with Crippen molar-refractivity contribution in [3.63, 3.8) is 0 Å². The molecule has 0 radical (unpaired) electrons. The Kier molecular flexibility index (Phi) is 2.53. The lowest BCUT2D eigenvalue weighted by atomic mass is 10.3. The van der Waals surface area contributed by atoms with Crippen molar-refractivity contribution >= 4 is 21.6 Å². The Morgan fingerprint density at radius 2 is 2.12 bits per heavy atom. The molecule has 0 aliphatic heterocycles. The van der Waals surface area contributed by atoms with Crippen molar-refractivity contribution < 1.29 is 0 Å². The number of pyridine rings is 1. The van der Waals surface area contributed by atoms with E-state index in [4.69, 9.17) is 0 Å². The minimum absolute atomic E-state index is 0.753. The summed E-state index contributed by atoms with van der Waals surface area (Å²) in [5, 5.41) is 1.06. The second-order valence-corrected chi connectivity index (χ2v) is 4.84. The van der Waals surface area contributed by atoms with Gasteiger partial charge in [0.25, 0.3) is 0 Å². The molecule has 4 nitrogen and oxygen atoms in total. The first-order valence-corrected chi connectivity index (χ1v) is 6.11. The van der Waals surface area contributed by atoms with Crippen LogP contribution in [0.25, 0.3) is 10.2 Å². The monoisotopic (exact) mass is 242 g/mol. The maximum atomic E-state index is 4.53. The lowest BCUT2D eigenvalue weighted by Crippen LogP contribution is -1.95. The van der Waals surface area contributed by atoms with Gasteiger partial charge >= 0.3 is 0 Å². The van der Waals surface area contributed by atoms with Crippen LogP contribution in [0, 0.1) is 6.92 Å². The lowest BCUT2D eigenvalue weighted by molar-refractivity contribution is 0.963. The van der Waals surface area contributed by atoms with E-state index >= 15 is 0 Å². The molecule has 0 atom stereocenters. The first kappa shape index (κ1) is 10.3. The van der Waals surface area contributed by atoms with E-state index in [-0.39, 0.29) is 0 Å². The fourth-order valence-corrected chi connectivity index (χ4v) is 2.61. The van der Waals surface area contributed by atoms with Crippen LogP contribution >= 0.6 is 11.3 Å². The Labute approximate surface area is 102 Å². The first-order valence-electron chi connectivity index (χ1n) is 5.29. The molecule has 0 saturated heterocycles. The Morgan fingerprint density at radius 3 is 2.94 bits per heavy atom. The molecule has 0 bridgehead atoms. The van der Waals surface area contributed by atoms with Crippen LogP contribution in [0.15, 0.2) is 30.7 Å². The summed E-state index contributed by atoms with van der Waals surface area (Å²) in [6.07, 6.45) is 6.12. The van der Waals surface area contributed by atoms with Gasteiger partial charge in [0, 0.05) is 18.8 Å². The van der Waals surface area contributed by atoms with Crippen LogP contribution in [0.2, 0.25) is 0 Å². The smallest absolute Gasteiger partial charge is 0.125 e. The number of fused-ring (bicyclic) bond motifs is 1. The van der Waals surface area contributed by atoms with Gasteiger partial charge in [-0.1, -0.05) is 0 Å². The Bertz CT molecular complexity index is 629. The molecule has 0 aliphatic carbocycles. The van der Waals surface area contributed by atoms with E-state index in [1.807, 2.05) is 19.1 Å². The van der Waals surface area contributed by atoms with Crippen LogP contribution in [0.5, 0.6) is 0 Å². The second-order valence-electron chi connectivity index (χ2n) is 3.72. The van der Waals surface area contributed by atoms with Crippen molar-refractivity contribution in [3.05, 3.63) is 47.2 Å². The van der Waals surface area contributed by atoms with Crippen LogP contribution in [0.3, 0.4) is 0 Å². The number of rotatable bonds is 2. The Morgan fingerprint density at radius 1 is 1.18 bits per heavy atom. The fraction of sp³-hybridized carbons (Fsp3) is 0.167. The van der Waals surface area contributed by atoms with Gasteiger partial charge in [-0.05, 0) is 19.1 Å². The summed E-state index contributed by atoms with van der Waals surface area (Å²) in [5.74, 6) is 0.797. The predicted octanol–water partition coefficient (Wildman–Crippen LogP) is 2.38. The molecule has 3 heterocycles. The van der Waals surface area contributed by atoms with Gasteiger partial charge in [0.15, 0.2) is 0 Å². The summed E-state index contributed by atoms with van der Waals surface area (Å²) in [4.78, 5) is 17.1. The van der Waals surface area contributed by atoms with Crippen LogP contribution in [0.4, 0.5) is 0 Å². The van der Waals surface area contributed by atoms with E-state index in [0.29, 0.717) is 0 Å². The topological polar surface area (TPSA) is 51.6 Å². The highest BCUT2D eigenvalue weighted by atomic mass is 32.1. The SMILES string of the molecule is Cc1nccc(Cc2nc3cnccc3s2)n1. The molecule has 17 heavy (non-hydrogen) atoms. The third-order valence-electron chi connectivity index (χ3n) is 2.40. The summed E-state index contributed by atoms with van der Waals surface area (Å²) in [6.45, 7) is 1.89. The highest BCUT2D eigenvalue weighted by Gasteiger charge is 2.05. The maximum Gasteiger partial charge on any atom is 0.125 e. The van der Waals surface area contributed by atoms with Crippen LogP contribution < -0.4 is 0 Å². The Balaban J connectivity index is 1.94. The van der Waals surface area contributed by atoms with E-state index in [2.05, 4.69) is 19.9 Å². The van der Waals surface area contributed by atoms with Gasteiger partial charge in [0.05, 0.1) is 27.1 Å². The minimum atomic E-state index is 0.753. The number of thiazole rings is 1. The molecule has 0 fully saturated rings. The average molecular weight is 242 g/mol. The molecule has 5 heteroatoms. The van der Waals surface area contributed by atoms with Gasteiger partial charge in [0.1, 0.15) is 5.82 Å². The molecular weight excluding hydrogens is 232 g/mol. The maximum absolute atomic E-state index is 4.53. The van der Waals surface area contributed by atoms with Crippen molar-refractivity contribution in [1.82, 2.24) is 19.9 Å². The molecule has 3 aromatic heterocycles. The zero-order valence-corrected chi connectivity index (χ0v) is 10.1. The molecule has 0 N–H and O–H groups in total. The van der Waals surface area contributed by atoms with Crippen molar-refractivity contribution in [2.75, 3.05) is 0 Å². The third kappa shape index (κ3) is 2.14. The van der Waals surface area contributed by atoms with E-state index < -0.39 is 0 Å². The number of hydrogen-bond acceptors (Lipinski definition) is 5. The molecule has 0 aromatic carbocycles. The third-order valence-corrected chi connectivity index (χ3v) is 3.44. The zero-order valence-electron chi connectivity index (χ0n) is 9.29. The van der Waals surface area contributed by atoms with Crippen molar-refractivity contribution in [2.45, 2.75) is 13.3 Å². The minimum Gasteiger partial charge on any atom is -0.262 e. The summed E-state index contributed by atoms with van der Waals surface area (Å²) in [5.41, 5.74) is 1.96. The average Bonchev–Trinajstić information content (AvgIpc) is 2.71. The van der Waals surface area contributed by atoms with Crippen LogP contribution in [-0.4, -0.2) is 19.9 Å².